The maximum Gasteiger partial charge on any atom is 0.133 e. The summed E-state index contributed by atoms with van der Waals surface area (Å²) in [6.07, 6.45) is 3.22. The zero-order valence-electron chi connectivity index (χ0n) is 13.9. The van der Waals surface area contributed by atoms with Crippen molar-refractivity contribution in [3.8, 4) is 17.2 Å². The molecule has 0 fully saturated rings. The molecule has 0 aliphatic rings. The Morgan fingerprint density at radius 3 is 2.14 bits per heavy atom. The van der Waals surface area contributed by atoms with Gasteiger partial charge in [0.25, 0.3) is 0 Å². The minimum Gasteiger partial charge on any atom is -0.496 e. The van der Waals surface area contributed by atoms with Crippen LogP contribution in [0.25, 0.3) is 6.08 Å². The summed E-state index contributed by atoms with van der Waals surface area (Å²) in [6.45, 7) is 7.43. The van der Waals surface area contributed by atoms with Gasteiger partial charge in [0.05, 0.1) is 26.9 Å². The van der Waals surface area contributed by atoms with E-state index in [1.54, 1.807) is 21.3 Å². The quantitative estimate of drug-likeness (QED) is 0.796. The highest BCUT2D eigenvalue weighted by Gasteiger charge is 2.13. The summed E-state index contributed by atoms with van der Waals surface area (Å²) >= 11 is 0. The highest BCUT2D eigenvalue weighted by atomic mass is 16.5. The Kier molecular flexibility index (Phi) is 7.09. The van der Waals surface area contributed by atoms with Gasteiger partial charge in [0.2, 0.25) is 0 Å². The van der Waals surface area contributed by atoms with Crippen LogP contribution in [0, 0.1) is 0 Å². The van der Waals surface area contributed by atoms with E-state index in [1.807, 2.05) is 12.1 Å². The molecule has 0 heterocycles. The molecule has 0 aliphatic heterocycles. The first-order chi connectivity index (χ1) is 10.1. The molecule has 0 radical (unpaired) electrons. The second-order valence-electron chi connectivity index (χ2n) is 5.01. The molecule has 0 saturated heterocycles. The van der Waals surface area contributed by atoms with Crippen LogP contribution in [0.1, 0.15) is 32.8 Å². The number of benzene rings is 1. The summed E-state index contributed by atoms with van der Waals surface area (Å²) in [7, 11) is 4.94. The molecule has 4 nitrogen and oxygen atoms in total. The Morgan fingerprint density at radius 1 is 1.14 bits per heavy atom. The van der Waals surface area contributed by atoms with Crippen LogP contribution in [0.3, 0.4) is 0 Å². The second kappa shape index (κ2) is 8.57. The zero-order valence-corrected chi connectivity index (χ0v) is 13.9. The van der Waals surface area contributed by atoms with Gasteiger partial charge >= 0.3 is 0 Å². The first-order valence-corrected chi connectivity index (χ1v) is 7.28. The van der Waals surface area contributed by atoms with Crippen molar-refractivity contribution in [3.05, 3.63) is 23.3 Å². The molecule has 1 rings (SSSR count). The predicted molar refractivity (Wildman–Crippen MR) is 87.5 cm³/mol. The summed E-state index contributed by atoms with van der Waals surface area (Å²) in [5, 5.41) is 3.48. The van der Waals surface area contributed by atoms with Gasteiger partial charge in [-0.3, -0.25) is 0 Å². The zero-order chi connectivity index (χ0) is 15.8. The maximum atomic E-state index is 5.47. The minimum absolute atomic E-state index is 0.307. The van der Waals surface area contributed by atoms with Crippen LogP contribution in [0.15, 0.2) is 17.7 Å². The lowest BCUT2D eigenvalue weighted by Crippen LogP contribution is -2.27. The van der Waals surface area contributed by atoms with E-state index in [4.69, 9.17) is 14.2 Å². The molecule has 0 aliphatic carbocycles. The lowest BCUT2D eigenvalue weighted by Gasteiger charge is -2.17. The van der Waals surface area contributed by atoms with Gasteiger partial charge in [-0.2, -0.15) is 0 Å². The highest BCUT2D eigenvalue weighted by molar-refractivity contribution is 5.68. The van der Waals surface area contributed by atoms with Crippen LogP contribution >= 0.6 is 0 Å². The van der Waals surface area contributed by atoms with E-state index < -0.39 is 0 Å². The Labute approximate surface area is 128 Å². The maximum absolute atomic E-state index is 5.47. The van der Waals surface area contributed by atoms with Crippen molar-refractivity contribution >= 4 is 6.08 Å². The van der Waals surface area contributed by atoms with Gasteiger partial charge in [-0.25, -0.2) is 0 Å². The van der Waals surface area contributed by atoms with E-state index >= 15 is 0 Å². The van der Waals surface area contributed by atoms with Crippen molar-refractivity contribution in [2.45, 2.75) is 33.2 Å². The summed E-state index contributed by atoms with van der Waals surface area (Å²) in [4.78, 5) is 0. The fourth-order valence-corrected chi connectivity index (χ4v) is 2.05. The van der Waals surface area contributed by atoms with Crippen molar-refractivity contribution in [1.29, 1.82) is 0 Å². The third kappa shape index (κ3) is 4.67. The number of nitrogens with one attached hydrogen (secondary N) is 1. The molecule has 1 N–H and O–H groups in total. The average molecular weight is 293 g/mol. The Morgan fingerprint density at radius 2 is 1.71 bits per heavy atom. The summed E-state index contributed by atoms with van der Waals surface area (Å²) < 4.78 is 16.2. The molecular formula is C17H27NO3. The molecule has 0 aromatic heterocycles. The molecular weight excluding hydrogens is 266 g/mol. The fraction of sp³-hybridized carbons (Fsp3) is 0.529. The first kappa shape index (κ1) is 17.4. The Hall–Kier alpha value is -1.68. The van der Waals surface area contributed by atoms with Crippen LogP contribution in [0.5, 0.6) is 17.2 Å². The smallest absolute Gasteiger partial charge is 0.133 e. The minimum atomic E-state index is 0.307. The van der Waals surface area contributed by atoms with E-state index in [1.165, 1.54) is 5.57 Å². The van der Waals surface area contributed by atoms with Gasteiger partial charge in [0.15, 0.2) is 0 Å². The Balaban J connectivity index is 3.15. The van der Waals surface area contributed by atoms with Gasteiger partial charge in [-0.05, 0) is 32.9 Å². The topological polar surface area (TPSA) is 39.7 Å². The van der Waals surface area contributed by atoms with Crippen LogP contribution in [0.4, 0.5) is 0 Å². The van der Waals surface area contributed by atoms with Gasteiger partial charge < -0.3 is 19.5 Å². The number of ether oxygens (including phenoxy) is 3. The first-order valence-electron chi connectivity index (χ1n) is 7.28. The molecule has 4 heteroatoms. The van der Waals surface area contributed by atoms with E-state index in [-0.39, 0.29) is 0 Å². The number of rotatable bonds is 8. The standard InChI is InChI=1S/C17H27NO3/c1-7-8-18-13(3)12(2)9-15-16(20-5)10-14(19-4)11-17(15)21-6/h9-11,13,18H,7-8H2,1-6H3. The summed E-state index contributed by atoms with van der Waals surface area (Å²) in [5.74, 6) is 2.21. The number of hydrogen-bond acceptors (Lipinski definition) is 4. The summed E-state index contributed by atoms with van der Waals surface area (Å²) in [5.41, 5.74) is 2.16. The lowest BCUT2D eigenvalue weighted by molar-refractivity contribution is 0.374. The molecule has 21 heavy (non-hydrogen) atoms. The van der Waals surface area contributed by atoms with Gasteiger partial charge in [-0.15, -0.1) is 0 Å². The van der Waals surface area contributed by atoms with Crippen LogP contribution < -0.4 is 19.5 Å². The SMILES string of the molecule is CCCNC(C)C(C)=Cc1c(OC)cc(OC)cc1OC. The third-order valence-corrected chi connectivity index (χ3v) is 3.51. The van der Waals surface area contributed by atoms with E-state index in [2.05, 4.69) is 32.2 Å². The van der Waals surface area contributed by atoms with Gasteiger partial charge in [-0.1, -0.05) is 12.5 Å². The molecule has 1 aromatic rings. The molecule has 1 atom stereocenters. The average Bonchev–Trinajstić information content (AvgIpc) is 2.52. The normalized spacial score (nSPS) is 13.0. The molecule has 0 spiro atoms. The van der Waals surface area contributed by atoms with Crippen LogP contribution in [0.2, 0.25) is 0 Å². The predicted octanol–water partition coefficient (Wildman–Crippen LogP) is 3.50. The molecule has 1 aromatic carbocycles. The lowest BCUT2D eigenvalue weighted by atomic mass is 10.0. The van der Waals surface area contributed by atoms with E-state index in [0.29, 0.717) is 6.04 Å². The van der Waals surface area contributed by atoms with Crippen LogP contribution in [-0.4, -0.2) is 33.9 Å². The highest BCUT2D eigenvalue weighted by Crippen LogP contribution is 2.35. The van der Waals surface area contributed by atoms with Crippen molar-refractivity contribution in [2.75, 3.05) is 27.9 Å². The number of methoxy groups -OCH3 is 3. The molecule has 118 valence electrons. The van der Waals surface area contributed by atoms with E-state index in [9.17, 15) is 0 Å². The Bertz CT molecular complexity index is 458. The summed E-state index contributed by atoms with van der Waals surface area (Å²) in [6, 6.07) is 4.04. The molecule has 1 unspecified atom stereocenters. The van der Waals surface area contributed by atoms with Gasteiger partial charge in [0.1, 0.15) is 17.2 Å². The molecule has 0 amide bonds. The van der Waals surface area contributed by atoms with Crippen molar-refractivity contribution in [1.82, 2.24) is 5.32 Å². The molecule has 0 saturated carbocycles. The monoisotopic (exact) mass is 293 g/mol. The number of hydrogen-bond donors (Lipinski definition) is 1. The van der Waals surface area contributed by atoms with Crippen molar-refractivity contribution in [2.24, 2.45) is 0 Å². The van der Waals surface area contributed by atoms with Crippen molar-refractivity contribution in [3.63, 3.8) is 0 Å². The largest absolute Gasteiger partial charge is 0.496 e. The molecule has 0 bridgehead atoms. The van der Waals surface area contributed by atoms with Crippen molar-refractivity contribution < 1.29 is 14.2 Å². The second-order valence-corrected chi connectivity index (χ2v) is 5.01. The fourth-order valence-electron chi connectivity index (χ4n) is 2.05. The van der Waals surface area contributed by atoms with Crippen LogP contribution in [-0.2, 0) is 0 Å². The van der Waals surface area contributed by atoms with Gasteiger partial charge in [0, 0.05) is 18.2 Å². The third-order valence-electron chi connectivity index (χ3n) is 3.51. The van der Waals surface area contributed by atoms with E-state index in [0.717, 1.165) is 35.8 Å².